The lowest BCUT2D eigenvalue weighted by Gasteiger charge is -2.09. The topological polar surface area (TPSA) is 0 Å². The van der Waals surface area contributed by atoms with Crippen molar-refractivity contribution in [3.8, 4) is 0 Å². The third kappa shape index (κ3) is 2.41. The van der Waals surface area contributed by atoms with Crippen LogP contribution in [0.3, 0.4) is 0 Å². The van der Waals surface area contributed by atoms with Gasteiger partial charge in [0.15, 0.2) is 0 Å². The van der Waals surface area contributed by atoms with E-state index in [0.29, 0.717) is 0 Å². The van der Waals surface area contributed by atoms with E-state index < -0.39 is 0 Å². The molecule has 4 rings (SSSR count). The Bertz CT molecular complexity index is 792. The second kappa shape index (κ2) is 5.47. The molecule has 0 radical (unpaired) electrons. The molecule has 2 heteroatoms. The molecule has 0 amide bonds. The van der Waals surface area contributed by atoms with Crippen molar-refractivity contribution in [3.63, 3.8) is 0 Å². The Morgan fingerprint density at radius 1 is 0.810 bits per heavy atom. The van der Waals surface area contributed by atoms with E-state index >= 15 is 0 Å². The molecule has 0 fully saturated rings. The molecule has 2 heterocycles. The molecular weight excluding hydrogens is 292 g/mol. The van der Waals surface area contributed by atoms with Crippen molar-refractivity contribution >= 4 is 33.8 Å². The van der Waals surface area contributed by atoms with Gasteiger partial charge in [0.1, 0.15) is 0 Å². The van der Waals surface area contributed by atoms with E-state index in [1.807, 2.05) is 22.7 Å². The molecule has 0 spiro atoms. The van der Waals surface area contributed by atoms with Crippen LogP contribution in [0.15, 0.2) is 82.6 Å². The number of hydrogen-bond acceptors (Lipinski definition) is 2. The van der Waals surface area contributed by atoms with Crippen molar-refractivity contribution in [1.82, 2.24) is 0 Å². The fraction of sp³-hybridized carbons (Fsp3) is 0.0526. The van der Waals surface area contributed by atoms with Crippen LogP contribution in [-0.4, -0.2) is 0 Å². The Kier molecular flexibility index (Phi) is 3.34. The Hall–Kier alpha value is -1.90. The zero-order valence-electron chi connectivity index (χ0n) is 11.5. The average Bonchev–Trinajstić information content (AvgIpc) is 3.13. The normalized spacial score (nSPS) is 17.3. The van der Waals surface area contributed by atoms with Crippen LogP contribution in [0.5, 0.6) is 0 Å². The van der Waals surface area contributed by atoms with Crippen LogP contribution in [0.4, 0.5) is 0 Å². The Morgan fingerprint density at radius 2 is 1.57 bits per heavy atom. The summed E-state index contributed by atoms with van der Waals surface area (Å²) < 4.78 is 0. The Balaban J connectivity index is 1.80. The van der Waals surface area contributed by atoms with E-state index in [1.54, 1.807) is 0 Å². The van der Waals surface area contributed by atoms with Gasteiger partial charge in [0, 0.05) is 9.75 Å². The Labute approximate surface area is 132 Å². The number of hydrogen-bond donors (Lipinski definition) is 0. The van der Waals surface area contributed by atoms with Gasteiger partial charge in [-0.25, -0.2) is 0 Å². The van der Waals surface area contributed by atoms with Crippen molar-refractivity contribution in [2.24, 2.45) is 0 Å². The minimum absolute atomic E-state index is 1.00. The van der Waals surface area contributed by atoms with Gasteiger partial charge < -0.3 is 0 Å². The predicted octanol–water partition coefficient (Wildman–Crippen LogP) is 6.10. The highest BCUT2D eigenvalue weighted by Gasteiger charge is 2.16. The third-order valence-corrected chi connectivity index (χ3v) is 5.57. The summed E-state index contributed by atoms with van der Waals surface area (Å²) in [6.45, 7) is 0. The average molecular weight is 306 g/mol. The second-order valence-corrected chi connectivity index (χ2v) is 6.96. The first kappa shape index (κ1) is 12.8. The largest absolute Gasteiger partial charge is 0.144 e. The molecule has 0 saturated heterocycles. The zero-order valence-corrected chi connectivity index (χ0v) is 13.1. The quantitative estimate of drug-likeness (QED) is 0.628. The van der Waals surface area contributed by atoms with E-state index in [0.717, 1.165) is 6.42 Å². The summed E-state index contributed by atoms with van der Waals surface area (Å²) in [7, 11) is 0. The molecule has 0 aromatic carbocycles. The summed E-state index contributed by atoms with van der Waals surface area (Å²) in [6.07, 6.45) is 14.4. The van der Waals surface area contributed by atoms with E-state index in [9.17, 15) is 0 Å². The number of fused-ring (bicyclic) bond motifs is 2. The second-order valence-electron chi connectivity index (χ2n) is 5.06. The molecule has 102 valence electrons. The highest BCUT2D eigenvalue weighted by molar-refractivity contribution is 7.11. The van der Waals surface area contributed by atoms with Gasteiger partial charge in [-0.2, -0.15) is 0 Å². The molecule has 0 N–H and O–H groups in total. The van der Waals surface area contributed by atoms with Crippen LogP contribution in [0.2, 0.25) is 0 Å². The summed E-state index contributed by atoms with van der Waals surface area (Å²) in [4.78, 5) is 2.69. The molecule has 2 aromatic heterocycles. The summed E-state index contributed by atoms with van der Waals surface area (Å²) >= 11 is 3.61. The van der Waals surface area contributed by atoms with Crippen molar-refractivity contribution in [2.45, 2.75) is 6.42 Å². The first-order chi connectivity index (χ1) is 10.4. The van der Waals surface area contributed by atoms with Gasteiger partial charge in [-0.3, -0.25) is 0 Å². The monoisotopic (exact) mass is 306 g/mol. The number of rotatable bonds is 2. The smallest absolute Gasteiger partial charge is 0.0345 e. The maximum absolute atomic E-state index is 2.26. The van der Waals surface area contributed by atoms with E-state index in [4.69, 9.17) is 0 Å². The molecule has 21 heavy (non-hydrogen) atoms. The van der Waals surface area contributed by atoms with Crippen LogP contribution in [0, 0.1) is 0 Å². The maximum Gasteiger partial charge on any atom is 0.0345 e. The van der Waals surface area contributed by atoms with Crippen molar-refractivity contribution in [1.29, 1.82) is 0 Å². The fourth-order valence-electron chi connectivity index (χ4n) is 2.77. The zero-order chi connectivity index (χ0) is 14.1. The highest BCUT2D eigenvalue weighted by atomic mass is 32.1. The highest BCUT2D eigenvalue weighted by Crippen LogP contribution is 2.38. The summed E-state index contributed by atoms with van der Waals surface area (Å²) in [6, 6.07) is 8.65. The van der Waals surface area contributed by atoms with Crippen molar-refractivity contribution < 1.29 is 0 Å². The number of thiophene rings is 2. The van der Waals surface area contributed by atoms with Crippen molar-refractivity contribution in [3.05, 3.63) is 92.4 Å². The lowest BCUT2D eigenvalue weighted by atomic mass is 9.97. The van der Waals surface area contributed by atoms with E-state index in [2.05, 4.69) is 71.5 Å². The summed E-state index contributed by atoms with van der Waals surface area (Å²) in [5, 5.41) is 4.29. The predicted molar refractivity (Wildman–Crippen MR) is 94.5 cm³/mol. The summed E-state index contributed by atoms with van der Waals surface area (Å²) in [5.74, 6) is 0. The molecular formula is C19H14S2. The standard InChI is InChI=1S/C19H14S2/c1-5-14-13-15(16(7-1)18-9-3-11-20-18)6-2-8-17(14)19-10-4-12-21-19/h1-12H,13H2. The van der Waals surface area contributed by atoms with Crippen LogP contribution in [0.1, 0.15) is 16.2 Å². The summed E-state index contributed by atoms with van der Waals surface area (Å²) in [5.41, 5.74) is 5.52. The third-order valence-electron chi connectivity index (χ3n) is 3.77. The van der Waals surface area contributed by atoms with Crippen LogP contribution >= 0.6 is 22.7 Å². The lowest BCUT2D eigenvalue weighted by molar-refractivity contribution is 1.24. The van der Waals surface area contributed by atoms with Gasteiger partial charge >= 0.3 is 0 Å². The molecule has 0 saturated carbocycles. The van der Waals surface area contributed by atoms with Gasteiger partial charge in [-0.05, 0) is 51.6 Å². The molecule has 2 bridgehead atoms. The van der Waals surface area contributed by atoms with Gasteiger partial charge in [0.05, 0.1) is 0 Å². The first-order valence-corrected chi connectivity index (χ1v) is 8.74. The fourth-order valence-corrected chi connectivity index (χ4v) is 4.35. The van der Waals surface area contributed by atoms with Gasteiger partial charge in [0.25, 0.3) is 0 Å². The molecule has 0 atom stereocenters. The van der Waals surface area contributed by atoms with Crippen LogP contribution in [0.25, 0.3) is 11.1 Å². The molecule has 0 aliphatic heterocycles. The van der Waals surface area contributed by atoms with Gasteiger partial charge in [-0.15, -0.1) is 22.7 Å². The minimum Gasteiger partial charge on any atom is -0.144 e. The minimum atomic E-state index is 1.00. The molecule has 0 unspecified atom stereocenters. The number of allylic oxidation sites excluding steroid dienone is 10. The van der Waals surface area contributed by atoms with Crippen LogP contribution < -0.4 is 0 Å². The van der Waals surface area contributed by atoms with E-state index in [1.165, 1.54) is 32.0 Å². The molecule has 2 aliphatic carbocycles. The van der Waals surface area contributed by atoms with Crippen LogP contribution in [-0.2, 0) is 0 Å². The first-order valence-electron chi connectivity index (χ1n) is 6.99. The Morgan fingerprint density at radius 3 is 2.33 bits per heavy atom. The molecule has 0 nitrogen and oxygen atoms in total. The lowest BCUT2D eigenvalue weighted by Crippen LogP contribution is -1.89. The molecule has 2 aromatic rings. The van der Waals surface area contributed by atoms with Crippen molar-refractivity contribution in [2.75, 3.05) is 0 Å². The molecule has 2 aliphatic rings. The van der Waals surface area contributed by atoms with Gasteiger partial charge in [0.2, 0.25) is 0 Å². The maximum atomic E-state index is 2.26. The van der Waals surface area contributed by atoms with Gasteiger partial charge in [-0.1, -0.05) is 48.6 Å². The van der Waals surface area contributed by atoms with E-state index in [-0.39, 0.29) is 0 Å². The SMILES string of the molecule is C1=CC2=C(c3cccs3)C=CC=C(C2)C(c2cccs2)=C1.